The van der Waals surface area contributed by atoms with E-state index >= 15 is 0 Å². The van der Waals surface area contributed by atoms with Gasteiger partial charge in [0.2, 0.25) is 0 Å². The maximum absolute atomic E-state index is 4.33. The number of nitrogens with zero attached hydrogens (tertiary/aromatic N) is 2. The van der Waals surface area contributed by atoms with Crippen molar-refractivity contribution < 1.29 is 0 Å². The Morgan fingerprint density at radius 1 is 1.08 bits per heavy atom. The third-order valence-electron chi connectivity index (χ3n) is 2.08. The van der Waals surface area contributed by atoms with Crippen LogP contribution in [0.25, 0.3) is 10.8 Å². The van der Waals surface area contributed by atoms with Gasteiger partial charge in [0.15, 0.2) is 0 Å². The van der Waals surface area contributed by atoms with Gasteiger partial charge in [0.05, 0.1) is 0 Å². The van der Waals surface area contributed by atoms with Crippen molar-refractivity contribution in [3.05, 3.63) is 36.5 Å². The summed E-state index contributed by atoms with van der Waals surface area (Å²) in [5, 5.41) is 2.44. The van der Waals surface area contributed by atoms with Gasteiger partial charge in [0, 0.05) is 25.7 Å². The number of hydrogen-bond donors (Lipinski definition) is 0. The first-order chi connectivity index (χ1) is 6.29. The third-order valence-corrected chi connectivity index (χ3v) is 2.08. The van der Waals surface area contributed by atoms with E-state index in [0.29, 0.717) is 0 Å². The van der Waals surface area contributed by atoms with Crippen molar-refractivity contribution in [2.45, 2.75) is 0 Å². The number of benzene rings is 1. The molecule has 0 spiro atoms. The number of hydrogen-bond acceptors (Lipinski definition) is 2. The first-order valence-electron chi connectivity index (χ1n) is 4.30. The fourth-order valence-electron chi connectivity index (χ4n) is 1.46. The summed E-state index contributed by atoms with van der Waals surface area (Å²) in [6.07, 6.45) is 1.84. The second kappa shape index (κ2) is 3.05. The molecule has 0 radical (unpaired) electrons. The van der Waals surface area contributed by atoms with E-state index in [0.717, 1.165) is 5.82 Å². The smallest absolute Gasteiger partial charge is 0.135 e. The lowest BCUT2D eigenvalue weighted by atomic mass is 10.1. The first kappa shape index (κ1) is 8.05. The average Bonchev–Trinajstić information content (AvgIpc) is 2.17. The fraction of sp³-hybridized carbons (Fsp3) is 0.182. The lowest BCUT2D eigenvalue weighted by Gasteiger charge is -2.13. The van der Waals surface area contributed by atoms with Crippen LogP contribution in [0.15, 0.2) is 36.5 Å². The maximum Gasteiger partial charge on any atom is 0.135 e. The summed E-state index contributed by atoms with van der Waals surface area (Å²) in [4.78, 5) is 6.36. The van der Waals surface area contributed by atoms with Gasteiger partial charge in [-0.15, -0.1) is 0 Å². The summed E-state index contributed by atoms with van der Waals surface area (Å²) in [6, 6.07) is 10.3. The SMILES string of the molecule is CN(C)c1nccc2ccccc12. The van der Waals surface area contributed by atoms with Crippen LogP contribution in [0.2, 0.25) is 0 Å². The van der Waals surface area contributed by atoms with Crippen LogP contribution in [0.3, 0.4) is 0 Å². The molecule has 0 aliphatic heterocycles. The van der Waals surface area contributed by atoms with Gasteiger partial charge in [-0.2, -0.15) is 0 Å². The van der Waals surface area contributed by atoms with Gasteiger partial charge < -0.3 is 4.90 Å². The molecule has 1 heterocycles. The minimum Gasteiger partial charge on any atom is -0.362 e. The first-order valence-corrected chi connectivity index (χ1v) is 4.30. The Kier molecular flexibility index (Phi) is 1.89. The number of aromatic nitrogens is 1. The Morgan fingerprint density at radius 3 is 2.62 bits per heavy atom. The summed E-state index contributed by atoms with van der Waals surface area (Å²) in [5.74, 6) is 1.03. The lowest BCUT2D eigenvalue weighted by Crippen LogP contribution is -2.10. The van der Waals surface area contributed by atoms with E-state index in [9.17, 15) is 0 Å². The van der Waals surface area contributed by atoms with Gasteiger partial charge in [-0.25, -0.2) is 4.98 Å². The monoisotopic (exact) mass is 172 g/mol. The van der Waals surface area contributed by atoms with Crippen molar-refractivity contribution >= 4 is 16.6 Å². The molecule has 0 bridgehead atoms. The summed E-state index contributed by atoms with van der Waals surface area (Å²) in [7, 11) is 4.02. The van der Waals surface area contributed by atoms with E-state index in [-0.39, 0.29) is 0 Å². The number of rotatable bonds is 1. The normalized spacial score (nSPS) is 10.3. The van der Waals surface area contributed by atoms with Gasteiger partial charge in [-0.05, 0) is 11.5 Å². The van der Waals surface area contributed by atoms with E-state index in [1.165, 1.54) is 10.8 Å². The summed E-state index contributed by atoms with van der Waals surface area (Å²) < 4.78 is 0. The van der Waals surface area contributed by atoms with Gasteiger partial charge in [0.25, 0.3) is 0 Å². The Labute approximate surface area is 77.8 Å². The van der Waals surface area contributed by atoms with Crippen LogP contribution in [0.1, 0.15) is 0 Å². The molecule has 0 unspecified atom stereocenters. The molecule has 2 rings (SSSR count). The topological polar surface area (TPSA) is 16.1 Å². The van der Waals surface area contributed by atoms with Gasteiger partial charge in [0.1, 0.15) is 5.82 Å². The molecule has 0 saturated heterocycles. The highest BCUT2D eigenvalue weighted by Gasteiger charge is 2.01. The highest BCUT2D eigenvalue weighted by Crippen LogP contribution is 2.21. The van der Waals surface area contributed by atoms with Crippen LogP contribution < -0.4 is 4.90 Å². The van der Waals surface area contributed by atoms with Crippen LogP contribution in [0.4, 0.5) is 5.82 Å². The Morgan fingerprint density at radius 2 is 1.85 bits per heavy atom. The lowest BCUT2D eigenvalue weighted by molar-refractivity contribution is 1.08. The molecule has 0 saturated carbocycles. The van der Waals surface area contributed by atoms with E-state index in [2.05, 4.69) is 17.1 Å². The molecule has 2 aromatic rings. The summed E-state index contributed by atoms with van der Waals surface area (Å²) in [5.41, 5.74) is 0. The van der Waals surface area contributed by atoms with Crippen LogP contribution in [0, 0.1) is 0 Å². The maximum atomic E-state index is 4.33. The molecular weight excluding hydrogens is 160 g/mol. The molecule has 1 aromatic heterocycles. The predicted molar refractivity (Wildman–Crippen MR) is 56.1 cm³/mol. The molecular formula is C11H12N2. The van der Waals surface area contributed by atoms with Gasteiger partial charge >= 0.3 is 0 Å². The number of anilines is 1. The van der Waals surface area contributed by atoms with Crippen molar-refractivity contribution in [3.8, 4) is 0 Å². The molecule has 66 valence electrons. The van der Waals surface area contributed by atoms with E-state index in [1.54, 1.807) is 0 Å². The van der Waals surface area contributed by atoms with E-state index in [1.807, 2.05) is 43.4 Å². The zero-order valence-corrected chi connectivity index (χ0v) is 7.86. The zero-order chi connectivity index (χ0) is 9.26. The van der Waals surface area contributed by atoms with Crippen LogP contribution >= 0.6 is 0 Å². The summed E-state index contributed by atoms with van der Waals surface area (Å²) >= 11 is 0. The standard InChI is InChI=1S/C11H12N2/c1-13(2)11-10-6-4-3-5-9(10)7-8-12-11/h3-8H,1-2H3. The molecule has 0 atom stereocenters. The molecule has 0 N–H and O–H groups in total. The minimum absolute atomic E-state index is 1.03. The third kappa shape index (κ3) is 1.35. The van der Waals surface area contributed by atoms with Gasteiger partial charge in [-0.3, -0.25) is 0 Å². The molecule has 2 nitrogen and oxygen atoms in total. The molecule has 0 aliphatic carbocycles. The quantitative estimate of drug-likeness (QED) is 0.656. The van der Waals surface area contributed by atoms with Crippen LogP contribution in [-0.4, -0.2) is 19.1 Å². The second-order valence-corrected chi connectivity index (χ2v) is 3.25. The number of pyridine rings is 1. The summed E-state index contributed by atoms with van der Waals surface area (Å²) in [6.45, 7) is 0. The molecule has 0 fully saturated rings. The van der Waals surface area contributed by atoms with Crippen molar-refractivity contribution in [1.82, 2.24) is 4.98 Å². The van der Waals surface area contributed by atoms with Crippen LogP contribution in [0.5, 0.6) is 0 Å². The van der Waals surface area contributed by atoms with E-state index in [4.69, 9.17) is 0 Å². The zero-order valence-electron chi connectivity index (χ0n) is 7.86. The molecule has 0 amide bonds. The largest absolute Gasteiger partial charge is 0.362 e. The second-order valence-electron chi connectivity index (χ2n) is 3.25. The highest BCUT2D eigenvalue weighted by atomic mass is 15.1. The molecule has 2 heteroatoms. The van der Waals surface area contributed by atoms with E-state index < -0.39 is 0 Å². The molecule has 1 aromatic carbocycles. The Balaban J connectivity index is 2.76. The number of fused-ring (bicyclic) bond motifs is 1. The predicted octanol–water partition coefficient (Wildman–Crippen LogP) is 2.30. The van der Waals surface area contributed by atoms with Crippen molar-refractivity contribution in [3.63, 3.8) is 0 Å². The molecule has 0 aliphatic rings. The van der Waals surface area contributed by atoms with Crippen molar-refractivity contribution in [2.24, 2.45) is 0 Å². The van der Waals surface area contributed by atoms with Crippen molar-refractivity contribution in [2.75, 3.05) is 19.0 Å². The Bertz CT molecular complexity index is 416. The Hall–Kier alpha value is -1.57. The van der Waals surface area contributed by atoms with Crippen LogP contribution in [-0.2, 0) is 0 Å². The average molecular weight is 172 g/mol. The highest BCUT2D eigenvalue weighted by molar-refractivity contribution is 5.91. The van der Waals surface area contributed by atoms with Crippen molar-refractivity contribution in [1.29, 1.82) is 0 Å². The fourth-order valence-corrected chi connectivity index (χ4v) is 1.46. The minimum atomic E-state index is 1.03. The van der Waals surface area contributed by atoms with Gasteiger partial charge in [-0.1, -0.05) is 24.3 Å². The molecule has 13 heavy (non-hydrogen) atoms.